The van der Waals surface area contributed by atoms with E-state index in [4.69, 9.17) is 14.0 Å². The molecule has 1 saturated heterocycles. The van der Waals surface area contributed by atoms with Crippen LogP contribution in [0.1, 0.15) is 40.2 Å². The van der Waals surface area contributed by atoms with Crippen molar-refractivity contribution < 1.29 is 23.5 Å². The molecule has 0 atom stereocenters. The number of aliphatic hydroxyl groups excluding tert-OH is 1. The van der Waals surface area contributed by atoms with Crippen molar-refractivity contribution in [1.29, 1.82) is 0 Å². The summed E-state index contributed by atoms with van der Waals surface area (Å²) in [6.07, 6.45) is 1.56. The fourth-order valence-corrected chi connectivity index (χ4v) is 2.26. The summed E-state index contributed by atoms with van der Waals surface area (Å²) in [4.78, 5) is 0. The van der Waals surface area contributed by atoms with Crippen LogP contribution in [-0.2, 0) is 9.31 Å². The van der Waals surface area contributed by atoms with Gasteiger partial charge in [0.15, 0.2) is 0 Å². The number of aliphatic hydroxyl groups is 1. The minimum absolute atomic E-state index is 0.274. The molecule has 6 heteroatoms. The normalized spacial score (nSPS) is 20.0. The zero-order chi connectivity index (χ0) is 17.3. The SMILES string of the molecule is CCOc1ccc(C=C(CO)B2OC(C)(C)C(C)(C)O2)c(F)c1. The smallest absolute Gasteiger partial charge is 0.492 e. The Balaban J connectivity index is 2.26. The van der Waals surface area contributed by atoms with E-state index in [1.807, 2.05) is 34.6 Å². The van der Waals surface area contributed by atoms with E-state index in [9.17, 15) is 9.50 Å². The Kier molecular flexibility index (Phi) is 5.18. The predicted octanol–water partition coefficient (Wildman–Crippen LogP) is 3.23. The molecule has 1 aromatic carbocycles. The van der Waals surface area contributed by atoms with E-state index in [0.717, 1.165) is 0 Å². The van der Waals surface area contributed by atoms with Crippen LogP contribution >= 0.6 is 0 Å². The molecular formula is C17H24BFO4. The van der Waals surface area contributed by atoms with Gasteiger partial charge < -0.3 is 19.2 Å². The van der Waals surface area contributed by atoms with Gasteiger partial charge in [0, 0.05) is 11.6 Å². The summed E-state index contributed by atoms with van der Waals surface area (Å²) < 4.78 is 31.2. The summed E-state index contributed by atoms with van der Waals surface area (Å²) in [5, 5.41) is 9.64. The van der Waals surface area contributed by atoms with Gasteiger partial charge in [0.1, 0.15) is 11.6 Å². The average Bonchev–Trinajstić information content (AvgIpc) is 2.67. The van der Waals surface area contributed by atoms with E-state index in [2.05, 4.69) is 0 Å². The van der Waals surface area contributed by atoms with E-state index in [-0.39, 0.29) is 6.61 Å². The standard InChI is InChI=1S/C17H24BFO4/c1-6-21-14-8-7-12(15(19)10-14)9-13(11-20)18-22-16(2,3)17(4,5)23-18/h7-10,20H,6,11H2,1-5H3. The zero-order valence-corrected chi connectivity index (χ0v) is 14.4. The van der Waals surface area contributed by atoms with Crippen molar-refractivity contribution in [3.63, 3.8) is 0 Å². The van der Waals surface area contributed by atoms with E-state index in [0.29, 0.717) is 23.4 Å². The van der Waals surface area contributed by atoms with Crippen LogP contribution in [0.4, 0.5) is 4.39 Å². The Morgan fingerprint density at radius 3 is 2.35 bits per heavy atom. The lowest BCUT2D eigenvalue weighted by Gasteiger charge is -2.32. The van der Waals surface area contributed by atoms with Gasteiger partial charge in [-0.2, -0.15) is 0 Å². The van der Waals surface area contributed by atoms with Crippen molar-refractivity contribution in [3.05, 3.63) is 35.1 Å². The van der Waals surface area contributed by atoms with Crippen LogP contribution < -0.4 is 4.74 Å². The molecule has 0 bridgehead atoms. The maximum atomic E-state index is 14.2. The number of ether oxygens (including phenoxy) is 1. The summed E-state index contributed by atoms with van der Waals surface area (Å²) >= 11 is 0. The second-order valence-electron chi connectivity index (χ2n) is 6.58. The first-order valence-electron chi connectivity index (χ1n) is 7.79. The summed E-state index contributed by atoms with van der Waals surface area (Å²) in [6, 6.07) is 4.63. The minimum Gasteiger partial charge on any atom is -0.494 e. The third-order valence-corrected chi connectivity index (χ3v) is 4.36. The molecular weight excluding hydrogens is 298 g/mol. The summed E-state index contributed by atoms with van der Waals surface area (Å²) in [7, 11) is -0.698. The Hall–Kier alpha value is -1.37. The molecule has 0 aromatic heterocycles. The molecule has 0 radical (unpaired) electrons. The highest BCUT2D eigenvalue weighted by atomic mass is 19.1. The van der Waals surface area contributed by atoms with Crippen molar-refractivity contribution in [2.75, 3.05) is 13.2 Å². The highest BCUT2D eigenvalue weighted by Crippen LogP contribution is 2.38. The molecule has 0 unspecified atom stereocenters. The zero-order valence-electron chi connectivity index (χ0n) is 14.4. The molecule has 2 rings (SSSR count). The Labute approximate surface area is 137 Å². The van der Waals surface area contributed by atoms with Crippen molar-refractivity contribution >= 4 is 13.2 Å². The van der Waals surface area contributed by atoms with Gasteiger partial charge in [-0.15, -0.1) is 0 Å². The molecule has 1 fully saturated rings. The van der Waals surface area contributed by atoms with Gasteiger partial charge in [0.2, 0.25) is 0 Å². The first kappa shape index (κ1) is 18.0. The summed E-state index contributed by atoms with van der Waals surface area (Å²) in [6.45, 7) is 9.76. The van der Waals surface area contributed by atoms with Gasteiger partial charge in [0.25, 0.3) is 0 Å². The Morgan fingerprint density at radius 1 is 1.26 bits per heavy atom. The third-order valence-electron chi connectivity index (χ3n) is 4.36. The van der Waals surface area contributed by atoms with Gasteiger partial charge >= 0.3 is 7.12 Å². The van der Waals surface area contributed by atoms with Crippen LogP contribution in [0.25, 0.3) is 6.08 Å². The molecule has 0 amide bonds. The van der Waals surface area contributed by atoms with Crippen molar-refractivity contribution in [2.45, 2.75) is 45.8 Å². The number of hydrogen-bond donors (Lipinski definition) is 1. The third kappa shape index (κ3) is 3.76. The van der Waals surface area contributed by atoms with Crippen LogP contribution in [0.15, 0.2) is 23.7 Å². The molecule has 1 aromatic rings. The van der Waals surface area contributed by atoms with Crippen molar-refractivity contribution in [1.82, 2.24) is 0 Å². The molecule has 0 saturated carbocycles. The predicted molar refractivity (Wildman–Crippen MR) is 88.7 cm³/mol. The maximum absolute atomic E-state index is 14.2. The number of benzene rings is 1. The Bertz CT molecular complexity index is 582. The van der Waals surface area contributed by atoms with Crippen LogP contribution in [-0.4, -0.2) is 36.6 Å². The van der Waals surface area contributed by atoms with Crippen molar-refractivity contribution in [3.8, 4) is 5.75 Å². The topological polar surface area (TPSA) is 47.9 Å². The molecule has 0 spiro atoms. The van der Waals surface area contributed by atoms with E-state index in [1.54, 1.807) is 18.2 Å². The Morgan fingerprint density at radius 2 is 1.87 bits per heavy atom. The van der Waals surface area contributed by atoms with Crippen LogP contribution in [0, 0.1) is 5.82 Å². The molecule has 23 heavy (non-hydrogen) atoms. The maximum Gasteiger partial charge on any atom is 0.492 e. The number of halogens is 1. The summed E-state index contributed by atoms with van der Waals surface area (Å²) in [5.41, 5.74) is -0.189. The lowest BCUT2D eigenvalue weighted by Crippen LogP contribution is -2.41. The average molecular weight is 322 g/mol. The lowest BCUT2D eigenvalue weighted by molar-refractivity contribution is 0.00578. The van der Waals surface area contributed by atoms with Crippen LogP contribution in [0.5, 0.6) is 5.75 Å². The van der Waals surface area contributed by atoms with Gasteiger partial charge in [-0.25, -0.2) is 4.39 Å². The number of rotatable bonds is 5. The molecule has 1 heterocycles. The second-order valence-corrected chi connectivity index (χ2v) is 6.58. The molecule has 126 valence electrons. The fraction of sp³-hybridized carbons (Fsp3) is 0.529. The highest BCUT2D eigenvalue weighted by Gasteiger charge is 2.52. The quantitative estimate of drug-likeness (QED) is 0.846. The van der Waals surface area contributed by atoms with Crippen molar-refractivity contribution in [2.24, 2.45) is 0 Å². The minimum atomic E-state index is -0.698. The van der Waals surface area contributed by atoms with Crippen LogP contribution in [0.2, 0.25) is 0 Å². The molecule has 1 N–H and O–H groups in total. The fourth-order valence-electron chi connectivity index (χ4n) is 2.26. The summed E-state index contributed by atoms with van der Waals surface area (Å²) in [5.74, 6) is 0.0572. The van der Waals surface area contributed by atoms with Gasteiger partial charge in [-0.3, -0.25) is 0 Å². The first-order valence-corrected chi connectivity index (χ1v) is 7.79. The molecule has 1 aliphatic rings. The monoisotopic (exact) mass is 322 g/mol. The largest absolute Gasteiger partial charge is 0.494 e. The first-order chi connectivity index (χ1) is 10.7. The molecule has 0 aliphatic carbocycles. The lowest BCUT2D eigenvalue weighted by atomic mass is 9.77. The highest BCUT2D eigenvalue weighted by molar-refractivity contribution is 6.55. The van der Waals surface area contributed by atoms with Gasteiger partial charge in [-0.1, -0.05) is 6.08 Å². The van der Waals surface area contributed by atoms with E-state index >= 15 is 0 Å². The number of hydrogen-bond acceptors (Lipinski definition) is 4. The van der Waals surface area contributed by atoms with E-state index < -0.39 is 24.1 Å². The van der Waals surface area contributed by atoms with Gasteiger partial charge in [-0.05, 0) is 52.2 Å². The molecule has 4 nitrogen and oxygen atoms in total. The van der Waals surface area contributed by atoms with Gasteiger partial charge in [0.05, 0.1) is 24.4 Å². The van der Waals surface area contributed by atoms with E-state index in [1.165, 1.54) is 6.07 Å². The second kappa shape index (κ2) is 6.63. The molecule has 1 aliphatic heterocycles. The van der Waals surface area contributed by atoms with Crippen LogP contribution in [0.3, 0.4) is 0 Å².